The number of allylic oxidation sites excluding steroid dienone is 1. The van der Waals surface area contributed by atoms with Crippen LogP contribution in [0.5, 0.6) is 23.0 Å². The van der Waals surface area contributed by atoms with Gasteiger partial charge in [-0.3, -0.25) is 4.79 Å². The monoisotopic (exact) mass is 680 g/mol. The Balaban J connectivity index is 1.68. The molecule has 2 aromatic rings. The van der Waals surface area contributed by atoms with E-state index in [1.165, 1.54) is 13.3 Å². The van der Waals surface area contributed by atoms with Crippen LogP contribution >= 0.6 is 22.6 Å². The van der Waals surface area contributed by atoms with E-state index >= 15 is 0 Å². The molecule has 0 unspecified atom stereocenters. The molecule has 41 heavy (non-hydrogen) atoms. The van der Waals surface area contributed by atoms with E-state index in [0.717, 1.165) is 9.13 Å². The number of esters is 1. The number of amides is 3. The van der Waals surface area contributed by atoms with Crippen LogP contribution in [0.1, 0.15) is 44.9 Å². The fraction of sp³-hybridized carbons (Fsp3) is 0.357. The van der Waals surface area contributed by atoms with Gasteiger partial charge in [-0.15, -0.1) is 0 Å². The summed E-state index contributed by atoms with van der Waals surface area (Å²) in [5.74, 6) is 0.809. The second kappa shape index (κ2) is 15.1. The van der Waals surface area contributed by atoms with Crippen LogP contribution in [0.15, 0.2) is 46.7 Å². The zero-order chi connectivity index (χ0) is 29.9. The number of methoxy groups -OCH3 is 1. The van der Waals surface area contributed by atoms with Gasteiger partial charge in [0.25, 0.3) is 5.91 Å². The summed E-state index contributed by atoms with van der Waals surface area (Å²) in [5.41, 5.74) is 4.38. The third-order valence-electron chi connectivity index (χ3n) is 5.67. The van der Waals surface area contributed by atoms with Crippen molar-refractivity contribution in [1.82, 2.24) is 16.1 Å². The van der Waals surface area contributed by atoms with E-state index in [1.807, 2.05) is 19.9 Å². The Morgan fingerprint density at radius 3 is 2.46 bits per heavy atom. The molecule has 1 aliphatic heterocycles. The molecule has 1 heterocycles. The van der Waals surface area contributed by atoms with E-state index in [2.05, 4.69) is 43.8 Å². The van der Waals surface area contributed by atoms with E-state index < -0.39 is 23.9 Å². The third-order valence-corrected chi connectivity index (χ3v) is 6.47. The van der Waals surface area contributed by atoms with Crippen LogP contribution in [0.25, 0.3) is 0 Å². The molecular weight excluding hydrogens is 647 g/mol. The van der Waals surface area contributed by atoms with E-state index in [4.69, 9.17) is 23.7 Å². The van der Waals surface area contributed by atoms with Gasteiger partial charge in [-0.2, -0.15) is 5.10 Å². The first-order valence-corrected chi connectivity index (χ1v) is 14.0. The molecular formula is C28H33IN4O8. The van der Waals surface area contributed by atoms with Crippen molar-refractivity contribution in [1.29, 1.82) is 0 Å². The lowest BCUT2D eigenvalue weighted by Gasteiger charge is -2.28. The first-order valence-electron chi connectivity index (χ1n) is 12.9. The van der Waals surface area contributed by atoms with E-state index in [1.54, 1.807) is 38.1 Å². The molecule has 0 radical (unpaired) electrons. The summed E-state index contributed by atoms with van der Waals surface area (Å²) in [6.07, 6.45) is 1.50. The molecule has 0 saturated heterocycles. The van der Waals surface area contributed by atoms with E-state index in [9.17, 15) is 14.4 Å². The quantitative estimate of drug-likeness (QED) is 0.125. The third kappa shape index (κ3) is 8.25. The molecule has 0 spiro atoms. The molecule has 0 aromatic heterocycles. The van der Waals surface area contributed by atoms with Gasteiger partial charge in [0.2, 0.25) is 0 Å². The van der Waals surface area contributed by atoms with Crippen LogP contribution in [0.4, 0.5) is 4.79 Å². The number of carbonyl (C=O) groups is 3. The highest BCUT2D eigenvalue weighted by atomic mass is 127. The molecule has 0 bridgehead atoms. The molecule has 0 saturated carbocycles. The van der Waals surface area contributed by atoms with Crippen molar-refractivity contribution in [3.05, 3.63) is 56.3 Å². The van der Waals surface area contributed by atoms with Crippen LogP contribution in [-0.2, 0) is 14.3 Å². The number of ether oxygens (including phenoxy) is 5. The summed E-state index contributed by atoms with van der Waals surface area (Å²) in [5, 5.41) is 9.34. The Bertz CT molecular complexity index is 1340. The number of nitrogens with one attached hydrogen (secondary N) is 3. The largest absolute Gasteiger partial charge is 0.493 e. The van der Waals surface area contributed by atoms with Gasteiger partial charge >= 0.3 is 12.0 Å². The van der Waals surface area contributed by atoms with Crippen LogP contribution in [0.2, 0.25) is 0 Å². The van der Waals surface area contributed by atoms with Gasteiger partial charge in [0.05, 0.1) is 48.3 Å². The molecule has 3 amide bonds. The fourth-order valence-corrected chi connectivity index (χ4v) is 4.75. The van der Waals surface area contributed by atoms with Gasteiger partial charge in [0.15, 0.2) is 29.6 Å². The summed E-state index contributed by atoms with van der Waals surface area (Å²) in [7, 11) is 1.44. The summed E-state index contributed by atoms with van der Waals surface area (Å²) < 4.78 is 28.5. The number of hydrogen-bond acceptors (Lipinski definition) is 9. The molecule has 2 aromatic carbocycles. The number of hydrazone groups is 1. The smallest absolute Gasteiger partial charge is 0.338 e. The number of halogens is 1. The summed E-state index contributed by atoms with van der Waals surface area (Å²) in [6, 6.07) is 7.31. The SMILES string of the molecule is CCOC(=O)C1=C(C)NC(=O)N[C@H]1c1ccc(OCC(=O)N/N=C/c2cc(I)c(OCC)c(OCC)c2)c(OC)c1. The van der Waals surface area contributed by atoms with Crippen molar-refractivity contribution in [2.24, 2.45) is 5.10 Å². The summed E-state index contributed by atoms with van der Waals surface area (Å²) in [4.78, 5) is 37.1. The highest BCUT2D eigenvalue weighted by Crippen LogP contribution is 2.35. The lowest BCUT2D eigenvalue weighted by Crippen LogP contribution is -2.45. The van der Waals surface area contributed by atoms with Crippen molar-refractivity contribution in [2.45, 2.75) is 33.7 Å². The highest BCUT2D eigenvalue weighted by molar-refractivity contribution is 14.1. The van der Waals surface area contributed by atoms with E-state index in [-0.39, 0.29) is 24.5 Å². The van der Waals surface area contributed by atoms with Crippen LogP contribution in [0, 0.1) is 3.57 Å². The molecule has 3 N–H and O–H groups in total. The summed E-state index contributed by atoms with van der Waals surface area (Å²) in [6.45, 7) is 7.95. The standard InChI is InChI=1S/C28H33IN4O8/c1-6-38-22-12-17(11-19(29)26(22)39-7-2)14-30-33-23(34)15-41-20-10-9-18(13-21(20)37-5)25-24(27(35)40-8-3)16(4)31-28(36)32-25/h9-14,25H,6-8,15H2,1-5H3,(H,33,34)(H2,31,32,36)/b30-14+/t25-/m0/s1. The predicted molar refractivity (Wildman–Crippen MR) is 159 cm³/mol. The van der Waals surface area contributed by atoms with Crippen molar-refractivity contribution in [3.8, 4) is 23.0 Å². The Morgan fingerprint density at radius 1 is 1.02 bits per heavy atom. The van der Waals surface area contributed by atoms with Gasteiger partial charge in [0, 0.05) is 5.70 Å². The van der Waals surface area contributed by atoms with Gasteiger partial charge in [-0.1, -0.05) is 6.07 Å². The maximum absolute atomic E-state index is 12.6. The van der Waals surface area contributed by atoms with Crippen LogP contribution < -0.4 is 35.0 Å². The molecule has 3 rings (SSSR count). The minimum absolute atomic E-state index is 0.187. The van der Waals surface area contributed by atoms with Gasteiger partial charge in [-0.25, -0.2) is 15.0 Å². The molecule has 0 aliphatic carbocycles. The summed E-state index contributed by atoms with van der Waals surface area (Å²) >= 11 is 2.16. The number of urea groups is 1. The van der Waals surface area contributed by atoms with Crippen LogP contribution in [-0.4, -0.2) is 57.7 Å². The average Bonchev–Trinajstić information content (AvgIpc) is 2.93. The number of benzene rings is 2. The second-order valence-electron chi connectivity index (χ2n) is 8.48. The average molecular weight is 680 g/mol. The lowest BCUT2D eigenvalue weighted by atomic mass is 9.95. The normalized spacial score (nSPS) is 14.7. The zero-order valence-corrected chi connectivity index (χ0v) is 25.6. The van der Waals surface area contributed by atoms with Crippen molar-refractivity contribution < 1.29 is 38.1 Å². The minimum Gasteiger partial charge on any atom is -0.493 e. The first kappa shape index (κ1) is 31.5. The first-order chi connectivity index (χ1) is 19.7. The number of hydrogen-bond donors (Lipinski definition) is 3. The highest BCUT2D eigenvalue weighted by Gasteiger charge is 2.32. The second-order valence-corrected chi connectivity index (χ2v) is 9.64. The predicted octanol–water partition coefficient (Wildman–Crippen LogP) is 3.82. The molecule has 12 nitrogen and oxygen atoms in total. The topological polar surface area (TPSA) is 146 Å². The van der Waals surface area contributed by atoms with Gasteiger partial charge < -0.3 is 34.3 Å². The van der Waals surface area contributed by atoms with Crippen molar-refractivity contribution >= 4 is 46.7 Å². The Morgan fingerprint density at radius 2 is 1.78 bits per heavy atom. The van der Waals surface area contributed by atoms with E-state index in [0.29, 0.717) is 41.7 Å². The fourth-order valence-electron chi connectivity index (χ4n) is 3.97. The Labute approximate surface area is 251 Å². The maximum atomic E-state index is 12.6. The van der Waals surface area contributed by atoms with Crippen molar-refractivity contribution in [3.63, 3.8) is 0 Å². The lowest BCUT2D eigenvalue weighted by molar-refractivity contribution is -0.139. The molecule has 0 fully saturated rings. The number of nitrogens with zero attached hydrogens (tertiary/aromatic N) is 1. The molecule has 13 heteroatoms. The van der Waals surface area contributed by atoms with Gasteiger partial charge in [0.1, 0.15) is 0 Å². The van der Waals surface area contributed by atoms with Crippen molar-refractivity contribution in [2.75, 3.05) is 33.5 Å². The minimum atomic E-state index is -0.766. The van der Waals surface area contributed by atoms with Gasteiger partial charge in [-0.05, 0) is 85.7 Å². The number of carbonyl (C=O) groups excluding carboxylic acids is 3. The van der Waals surface area contributed by atoms with Crippen LogP contribution in [0.3, 0.4) is 0 Å². The molecule has 1 aliphatic rings. The molecule has 220 valence electrons. The zero-order valence-electron chi connectivity index (χ0n) is 23.5. The number of rotatable bonds is 13. The Kier molecular flexibility index (Phi) is 11.6. The molecule has 1 atom stereocenters. The maximum Gasteiger partial charge on any atom is 0.338 e. The Hall–Kier alpha value is -4.01.